The molecule has 0 aliphatic heterocycles. The summed E-state index contributed by atoms with van der Waals surface area (Å²) in [6.07, 6.45) is 77.6. The summed E-state index contributed by atoms with van der Waals surface area (Å²) in [5.74, 6) is -0.834. The van der Waals surface area contributed by atoms with Gasteiger partial charge in [-0.05, 0) is 51.4 Å². The van der Waals surface area contributed by atoms with Crippen LogP contribution in [-0.4, -0.2) is 37.2 Å². The SMILES string of the molecule is CCCCCCC/C=C\C/C=C\CCCCCCCCCCCCCCCC(=O)OCC(COC(=O)CCCCCCCCCCCCCCC)OC(=O)CCCCCCCCCCCCCCCCCCCCC. The van der Waals surface area contributed by atoms with Crippen molar-refractivity contribution < 1.29 is 28.6 Å². The van der Waals surface area contributed by atoms with Crippen molar-refractivity contribution in [1.82, 2.24) is 0 Å². The Hall–Kier alpha value is -2.11. The van der Waals surface area contributed by atoms with Crippen LogP contribution in [0.3, 0.4) is 0 Å². The summed E-state index contributed by atoms with van der Waals surface area (Å²) in [5, 5.41) is 0. The van der Waals surface area contributed by atoms with Gasteiger partial charge in [-0.15, -0.1) is 0 Å². The Balaban J connectivity index is 4.23. The molecule has 0 aliphatic rings. The minimum absolute atomic E-state index is 0.0644. The number of carbonyl (C=O) groups excluding carboxylic acids is 3. The second-order valence-corrected chi connectivity index (χ2v) is 23.1. The summed E-state index contributed by atoms with van der Waals surface area (Å²) in [6.45, 7) is 6.71. The number of rotatable bonds is 63. The standard InChI is InChI=1S/C69H130O6/c1-4-7-10-13-16-19-22-25-27-29-31-32-33-34-35-36-38-39-41-44-47-50-53-56-59-62-68(71)74-65-66(64-73-67(70)61-58-55-52-49-46-43-24-21-18-15-12-9-6-3)75-69(72)63-60-57-54-51-48-45-42-40-37-30-28-26-23-20-17-14-11-8-5-2/h22,25,29,31,66H,4-21,23-24,26-28,30,32-65H2,1-3H3/b25-22-,31-29-. The fraction of sp³-hybridized carbons (Fsp3) is 0.899. The second kappa shape index (κ2) is 64.4. The van der Waals surface area contributed by atoms with Crippen LogP contribution in [0.4, 0.5) is 0 Å². The van der Waals surface area contributed by atoms with Crippen LogP contribution in [0, 0.1) is 0 Å². The second-order valence-electron chi connectivity index (χ2n) is 23.1. The van der Waals surface area contributed by atoms with Crippen molar-refractivity contribution >= 4 is 17.9 Å². The van der Waals surface area contributed by atoms with E-state index in [-0.39, 0.29) is 31.1 Å². The number of ether oxygens (including phenoxy) is 3. The fourth-order valence-electron chi connectivity index (χ4n) is 10.4. The maximum atomic E-state index is 12.9. The van der Waals surface area contributed by atoms with Crippen molar-refractivity contribution in [1.29, 1.82) is 0 Å². The fourth-order valence-corrected chi connectivity index (χ4v) is 10.4. The van der Waals surface area contributed by atoms with Gasteiger partial charge in [-0.2, -0.15) is 0 Å². The monoisotopic (exact) mass is 1050 g/mol. The molecule has 0 rings (SSSR count). The molecule has 442 valence electrons. The van der Waals surface area contributed by atoms with Crippen LogP contribution in [0.5, 0.6) is 0 Å². The van der Waals surface area contributed by atoms with Crippen molar-refractivity contribution in [2.24, 2.45) is 0 Å². The van der Waals surface area contributed by atoms with Crippen LogP contribution in [0.15, 0.2) is 24.3 Å². The van der Waals surface area contributed by atoms with E-state index in [2.05, 4.69) is 45.1 Å². The Kier molecular flexibility index (Phi) is 62.6. The van der Waals surface area contributed by atoms with Crippen molar-refractivity contribution in [3.05, 3.63) is 24.3 Å². The zero-order valence-corrected chi connectivity index (χ0v) is 50.8. The Labute approximate surface area is 468 Å². The molecule has 1 unspecified atom stereocenters. The summed E-state index contributed by atoms with van der Waals surface area (Å²) in [5.41, 5.74) is 0. The highest BCUT2D eigenvalue weighted by molar-refractivity contribution is 5.71. The van der Waals surface area contributed by atoms with Crippen molar-refractivity contribution in [2.45, 2.75) is 386 Å². The predicted molar refractivity (Wildman–Crippen MR) is 326 cm³/mol. The summed E-state index contributed by atoms with van der Waals surface area (Å²) in [4.78, 5) is 38.3. The molecule has 6 nitrogen and oxygen atoms in total. The number of carbonyl (C=O) groups is 3. The number of allylic oxidation sites excluding steroid dienone is 4. The minimum atomic E-state index is -0.767. The van der Waals surface area contributed by atoms with Gasteiger partial charge in [0.2, 0.25) is 0 Å². The molecule has 1 atom stereocenters. The Bertz CT molecular complexity index is 1210. The molecule has 0 fully saturated rings. The van der Waals surface area contributed by atoms with Gasteiger partial charge in [0.05, 0.1) is 0 Å². The van der Waals surface area contributed by atoms with Crippen molar-refractivity contribution in [2.75, 3.05) is 13.2 Å². The van der Waals surface area contributed by atoms with Gasteiger partial charge in [0.25, 0.3) is 0 Å². The Morgan fingerprint density at radius 1 is 0.267 bits per heavy atom. The third-order valence-electron chi connectivity index (χ3n) is 15.5. The lowest BCUT2D eigenvalue weighted by atomic mass is 10.0. The highest BCUT2D eigenvalue weighted by Gasteiger charge is 2.19. The zero-order valence-electron chi connectivity index (χ0n) is 50.8. The van der Waals surface area contributed by atoms with E-state index in [4.69, 9.17) is 14.2 Å². The number of esters is 3. The molecule has 0 aromatic heterocycles. The van der Waals surface area contributed by atoms with Crippen LogP contribution in [0.2, 0.25) is 0 Å². The van der Waals surface area contributed by atoms with Gasteiger partial charge in [-0.3, -0.25) is 14.4 Å². The van der Waals surface area contributed by atoms with E-state index in [1.54, 1.807) is 0 Å². The molecule has 0 aromatic rings. The van der Waals surface area contributed by atoms with Gasteiger partial charge in [0.1, 0.15) is 13.2 Å². The number of unbranched alkanes of at least 4 members (excludes halogenated alkanes) is 48. The summed E-state index contributed by atoms with van der Waals surface area (Å²) in [6, 6.07) is 0. The Morgan fingerprint density at radius 2 is 0.480 bits per heavy atom. The predicted octanol–water partition coefficient (Wildman–Crippen LogP) is 23.0. The first-order chi connectivity index (χ1) is 37.0. The molecule has 0 amide bonds. The van der Waals surface area contributed by atoms with Gasteiger partial charge in [-0.25, -0.2) is 0 Å². The summed E-state index contributed by atoms with van der Waals surface area (Å²) >= 11 is 0. The van der Waals surface area contributed by atoms with Gasteiger partial charge in [0, 0.05) is 19.3 Å². The van der Waals surface area contributed by atoms with E-state index < -0.39 is 6.10 Å². The molecule has 0 aromatic carbocycles. The maximum Gasteiger partial charge on any atom is 0.306 e. The van der Waals surface area contributed by atoms with Gasteiger partial charge >= 0.3 is 17.9 Å². The topological polar surface area (TPSA) is 78.9 Å². The first-order valence-corrected chi connectivity index (χ1v) is 33.8. The van der Waals surface area contributed by atoms with E-state index in [9.17, 15) is 14.4 Å². The molecule has 75 heavy (non-hydrogen) atoms. The molecule has 6 heteroatoms. The van der Waals surface area contributed by atoms with E-state index >= 15 is 0 Å². The van der Waals surface area contributed by atoms with Crippen LogP contribution < -0.4 is 0 Å². The zero-order chi connectivity index (χ0) is 54.3. The number of hydrogen-bond donors (Lipinski definition) is 0. The molecule has 0 spiro atoms. The molecule has 0 aliphatic carbocycles. The smallest absolute Gasteiger partial charge is 0.306 e. The Morgan fingerprint density at radius 3 is 0.733 bits per heavy atom. The molecule has 0 radical (unpaired) electrons. The van der Waals surface area contributed by atoms with E-state index in [1.807, 2.05) is 0 Å². The largest absolute Gasteiger partial charge is 0.462 e. The van der Waals surface area contributed by atoms with Gasteiger partial charge < -0.3 is 14.2 Å². The molecule has 0 saturated carbocycles. The lowest BCUT2D eigenvalue weighted by Gasteiger charge is -2.18. The van der Waals surface area contributed by atoms with Gasteiger partial charge in [0.15, 0.2) is 6.10 Å². The summed E-state index contributed by atoms with van der Waals surface area (Å²) < 4.78 is 17.0. The van der Waals surface area contributed by atoms with Crippen molar-refractivity contribution in [3.63, 3.8) is 0 Å². The molecular formula is C69H130O6. The van der Waals surface area contributed by atoms with Crippen LogP contribution >= 0.6 is 0 Å². The van der Waals surface area contributed by atoms with Crippen LogP contribution in [-0.2, 0) is 28.6 Å². The molecular weight excluding hydrogens is 925 g/mol. The molecule has 0 bridgehead atoms. The highest BCUT2D eigenvalue weighted by atomic mass is 16.6. The minimum Gasteiger partial charge on any atom is -0.462 e. The van der Waals surface area contributed by atoms with E-state index in [1.165, 1.54) is 276 Å². The summed E-state index contributed by atoms with van der Waals surface area (Å²) in [7, 11) is 0. The quantitative estimate of drug-likeness (QED) is 0.0261. The number of hydrogen-bond acceptors (Lipinski definition) is 6. The first kappa shape index (κ1) is 72.9. The van der Waals surface area contributed by atoms with E-state index in [0.717, 1.165) is 64.2 Å². The third-order valence-corrected chi connectivity index (χ3v) is 15.5. The lowest BCUT2D eigenvalue weighted by Crippen LogP contribution is -2.30. The maximum absolute atomic E-state index is 12.9. The highest BCUT2D eigenvalue weighted by Crippen LogP contribution is 2.18. The van der Waals surface area contributed by atoms with Gasteiger partial charge in [-0.1, -0.05) is 334 Å². The normalized spacial score (nSPS) is 12.1. The van der Waals surface area contributed by atoms with Crippen molar-refractivity contribution in [3.8, 4) is 0 Å². The van der Waals surface area contributed by atoms with Crippen LogP contribution in [0.1, 0.15) is 380 Å². The third kappa shape index (κ3) is 62.6. The van der Waals surface area contributed by atoms with Crippen LogP contribution in [0.25, 0.3) is 0 Å². The average molecular weight is 1060 g/mol. The lowest BCUT2D eigenvalue weighted by molar-refractivity contribution is -0.167. The molecule has 0 heterocycles. The average Bonchev–Trinajstić information content (AvgIpc) is 3.41. The van der Waals surface area contributed by atoms with E-state index in [0.29, 0.717) is 19.3 Å². The molecule has 0 N–H and O–H groups in total. The molecule has 0 saturated heterocycles. The first-order valence-electron chi connectivity index (χ1n) is 33.8.